The highest BCUT2D eigenvalue weighted by Gasteiger charge is 2.29. The van der Waals surface area contributed by atoms with Crippen LogP contribution in [0.15, 0.2) is 23.6 Å². The van der Waals surface area contributed by atoms with Gasteiger partial charge in [-0.15, -0.1) is 0 Å². The van der Waals surface area contributed by atoms with E-state index in [0.717, 1.165) is 6.08 Å². The summed E-state index contributed by atoms with van der Waals surface area (Å²) in [6.07, 6.45) is -0.0602. The van der Waals surface area contributed by atoms with Gasteiger partial charge >= 0.3 is 0 Å². The number of hydrogen-bond acceptors (Lipinski definition) is 4. The molecular weight excluding hydrogens is 244 g/mol. The van der Waals surface area contributed by atoms with Gasteiger partial charge in [-0.05, 0) is 12.2 Å². The van der Waals surface area contributed by atoms with Gasteiger partial charge in [-0.2, -0.15) is 0 Å². The quantitative estimate of drug-likeness (QED) is 0.734. The van der Waals surface area contributed by atoms with Crippen molar-refractivity contribution >= 4 is 21.7 Å². The lowest BCUT2D eigenvalue weighted by atomic mass is 10.0. The molecule has 0 bridgehead atoms. The van der Waals surface area contributed by atoms with Crippen molar-refractivity contribution in [2.24, 2.45) is 0 Å². The summed E-state index contributed by atoms with van der Waals surface area (Å²) in [5.74, 6) is -4.39. The van der Waals surface area contributed by atoms with Crippen LogP contribution >= 0.6 is 0 Å². The molecule has 0 spiro atoms. The van der Waals surface area contributed by atoms with Crippen molar-refractivity contribution in [1.82, 2.24) is 4.72 Å². The lowest BCUT2D eigenvalue weighted by molar-refractivity contribution is -0.121. The predicted octanol–water partition coefficient (Wildman–Crippen LogP) is -0.237. The Morgan fingerprint density at radius 2 is 2.06 bits per heavy atom. The highest BCUT2D eigenvalue weighted by molar-refractivity contribution is 7.89. The molecule has 1 rings (SSSR count). The van der Waals surface area contributed by atoms with Gasteiger partial charge in [0.2, 0.25) is 15.8 Å². The summed E-state index contributed by atoms with van der Waals surface area (Å²) in [5.41, 5.74) is -0.802. The number of carbonyl (C=O) groups is 2. The molecule has 1 aliphatic carbocycles. The second-order valence-corrected chi connectivity index (χ2v) is 4.80. The van der Waals surface area contributed by atoms with E-state index in [4.69, 9.17) is 0 Å². The molecular formula is C8H7F2NO4S. The van der Waals surface area contributed by atoms with Gasteiger partial charge in [-0.1, -0.05) is 0 Å². The van der Waals surface area contributed by atoms with Crippen molar-refractivity contribution in [3.8, 4) is 0 Å². The van der Waals surface area contributed by atoms with E-state index in [2.05, 4.69) is 0 Å². The summed E-state index contributed by atoms with van der Waals surface area (Å²) in [7, 11) is -3.87. The fourth-order valence-corrected chi connectivity index (χ4v) is 1.44. The minimum absolute atomic E-state index is 0.669. The molecule has 0 saturated carbocycles. The Hall–Kier alpha value is -1.57. The van der Waals surface area contributed by atoms with Crippen LogP contribution in [0.3, 0.4) is 0 Å². The Morgan fingerprint density at radius 3 is 2.56 bits per heavy atom. The third-order valence-corrected chi connectivity index (χ3v) is 2.21. The highest BCUT2D eigenvalue weighted by atomic mass is 32.2. The zero-order valence-electron chi connectivity index (χ0n) is 8.03. The molecule has 1 N–H and O–H groups in total. The first-order valence-electron chi connectivity index (χ1n) is 4.01. The van der Waals surface area contributed by atoms with Gasteiger partial charge < -0.3 is 0 Å². The van der Waals surface area contributed by atoms with Crippen molar-refractivity contribution in [2.75, 3.05) is 6.26 Å². The number of Topliss-reactive ketones (excluding diaryl/α,β-unsaturated/α-hetero) is 1. The Morgan fingerprint density at radius 1 is 1.50 bits per heavy atom. The molecule has 0 aliphatic heterocycles. The first-order chi connectivity index (χ1) is 7.22. The van der Waals surface area contributed by atoms with Crippen molar-refractivity contribution in [2.45, 2.75) is 6.17 Å². The van der Waals surface area contributed by atoms with Crippen LogP contribution in [0.25, 0.3) is 0 Å². The summed E-state index contributed by atoms with van der Waals surface area (Å²) < 4.78 is 48.6. The van der Waals surface area contributed by atoms with Crippen LogP contribution in [0, 0.1) is 0 Å². The number of halogens is 2. The first-order valence-corrected chi connectivity index (χ1v) is 5.90. The molecule has 88 valence electrons. The Balaban J connectivity index is 3.03. The van der Waals surface area contributed by atoms with Crippen LogP contribution in [0.1, 0.15) is 0 Å². The Kier molecular flexibility index (Phi) is 3.22. The molecule has 1 unspecified atom stereocenters. The topological polar surface area (TPSA) is 80.3 Å². The van der Waals surface area contributed by atoms with Crippen molar-refractivity contribution in [1.29, 1.82) is 0 Å². The first kappa shape index (κ1) is 12.5. The third-order valence-electron chi connectivity index (χ3n) is 1.66. The molecule has 0 radical (unpaired) electrons. The van der Waals surface area contributed by atoms with Crippen LogP contribution in [0.4, 0.5) is 8.78 Å². The second-order valence-electron chi connectivity index (χ2n) is 3.06. The van der Waals surface area contributed by atoms with E-state index in [1.807, 2.05) is 0 Å². The summed E-state index contributed by atoms with van der Waals surface area (Å²) in [4.78, 5) is 22.0. The molecule has 1 atom stereocenters. The van der Waals surface area contributed by atoms with E-state index in [1.165, 1.54) is 4.72 Å². The third kappa shape index (κ3) is 2.72. The number of alkyl halides is 1. The molecule has 8 heteroatoms. The molecule has 0 aromatic carbocycles. The Labute approximate surface area is 89.9 Å². The molecule has 0 aromatic heterocycles. The largest absolute Gasteiger partial charge is 0.288 e. The van der Waals surface area contributed by atoms with Gasteiger partial charge in [0.25, 0.3) is 5.91 Å². The number of amides is 1. The normalized spacial score (nSPS) is 21.2. The molecule has 5 nitrogen and oxygen atoms in total. The van der Waals surface area contributed by atoms with Gasteiger partial charge in [0, 0.05) is 0 Å². The van der Waals surface area contributed by atoms with Gasteiger partial charge in [0.1, 0.15) is 0 Å². The average Bonchev–Trinajstić information content (AvgIpc) is 2.11. The van der Waals surface area contributed by atoms with E-state index >= 15 is 0 Å². The lowest BCUT2D eigenvalue weighted by Crippen LogP contribution is -2.32. The van der Waals surface area contributed by atoms with E-state index in [0.29, 0.717) is 12.3 Å². The summed E-state index contributed by atoms with van der Waals surface area (Å²) in [6.45, 7) is 0. The maximum atomic E-state index is 13.1. The summed E-state index contributed by atoms with van der Waals surface area (Å²) >= 11 is 0. The lowest BCUT2D eigenvalue weighted by Gasteiger charge is -2.10. The molecule has 0 saturated heterocycles. The van der Waals surface area contributed by atoms with Crippen LogP contribution in [-0.2, 0) is 19.6 Å². The molecule has 0 fully saturated rings. The number of sulfonamides is 1. The fraction of sp³-hybridized carbons (Fsp3) is 0.250. The molecule has 1 amide bonds. The maximum absolute atomic E-state index is 13.1. The van der Waals surface area contributed by atoms with E-state index < -0.39 is 39.3 Å². The molecule has 1 aliphatic rings. The number of rotatable bonds is 2. The van der Waals surface area contributed by atoms with Crippen molar-refractivity contribution in [3.05, 3.63) is 23.6 Å². The zero-order chi connectivity index (χ0) is 12.5. The van der Waals surface area contributed by atoms with Crippen molar-refractivity contribution in [3.63, 3.8) is 0 Å². The zero-order valence-corrected chi connectivity index (χ0v) is 8.85. The van der Waals surface area contributed by atoms with Crippen LogP contribution < -0.4 is 4.72 Å². The van der Waals surface area contributed by atoms with Gasteiger partial charge in [-0.25, -0.2) is 21.9 Å². The fourth-order valence-electron chi connectivity index (χ4n) is 0.994. The minimum atomic E-state index is -3.87. The standard InChI is InChI=1S/C8H7F2NO4S/c1-16(14,15)11-8(13)4-2-3-5(9)7(12)6(4)10/h2-3,5H,1H3,(H,11,13). The van der Waals surface area contributed by atoms with Crippen LogP contribution in [0.2, 0.25) is 0 Å². The second kappa shape index (κ2) is 4.12. The van der Waals surface area contributed by atoms with Crippen LogP contribution in [0.5, 0.6) is 0 Å². The molecule has 0 aromatic rings. The molecule has 0 heterocycles. The predicted molar refractivity (Wildman–Crippen MR) is 50.2 cm³/mol. The average molecular weight is 251 g/mol. The molecule has 16 heavy (non-hydrogen) atoms. The minimum Gasteiger partial charge on any atom is -0.288 e. The monoisotopic (exact) mass is 251 g/mol. The number of nitrogens with one attached hydrogen (secondary N) is 1. The SMILES string of the molecule is CS(=O)(=O)NC(=O)C1=C(F)C(=O)C(F)C=C1. The van der Waals surface area contributed by atoms with Gasteiger partial charge in [-0.3, -0.25) is 9.59 Å². The Bertz CT molecular complexity index is 506. The number of ketones is 1. The maximum Gasteiger partial charge on any atom is 0.267 e. The van der Waals surface area contributed by atoms with Crippen LogP contribution in [-0.4, -0.2) is 32.5 Å². The smallest absolute Gasteiger partial charge is 0.267 e. The summed E-state index contributed by atoms with van der Waals surface area (Å²) in [6, 6.07) is 0. The van der Waals surface area contributed by atoms with Gasteiger partial charge in [0.15, 0.2) is 12.0 Å². The number of allylic oxidation sites excluding steroid dienone is 2. The number of carbonyl (C=O) groups excluding carboxylic acids is 2. The van der Waals surface area contributed by atoms with E-state index in [9.17, 15) is 26.8 Å². The van der Waals surface area contributed by atoms with Crippen molar-refractivity contribution < 1.29 is 26.8 Å². The van der Waals surface area contributed by atoms with E-state index in [-0.39, 0.29) is 0 Å². The number of hydrogen-bond donors (Lipinski definition) is 1. The highest BCUT2D eigenvalue weighted by Crippen LogP contribution is 2.19. The summed E-state index contributed by atoms with van der Waals surface area (Å²) in [5, 5.41) is 0. The van der Waals surface area contributed by atoms with E-state index in [1.54, 1.807) is 0 Å². The van der Waals surface area contributed by atoms with Gasteiger partial charge in [0.05, 0.1) is 11.8 Å².